The lowest BCUT2D eigenvalue weighted by atomic mass is 10.0. The van der Waals surface area contributed by atoms with Gasteiger partial charge < -0.3 is 13.9 Å². The number of halogens is 1. The largest absolute Gasteiger partial charge is 0.478 e. The van der Waals surface area contributed by atoms with Crippen molar-refractivity contribution in [1.82, 2.24) is 15.2 Å². The van der Waals surface area contributed by atoms with E-state index in [1.165, 1.54) is 0 Å². The van der Waals surface area contributed by atoms with Crippen molar-refractivity contribution in [2.24, 2.45) is 0 Å². The molecule has 0 spiro atoms. The second-order valence-corrected chi connectivity index (χ2v) is 14.8. The first-order chi connectivity index (χ1) is 16.0. The van der Waals surface area contributed by atoms with Gasteiger partial charge in [0.25, 0.3) is 0 Å². The molecule has 0 bridgehead atoms. The summed E-state index contributed by atoms with van der Waals surface area (Å²) in [5, 5.41) is 17.9. The molecule has 1 aromatic carbocycles. The highest BCUT2D eigenvalue weighted by Gasteiger charge is 2.37. The summed E-state index contributed by atoms with van der Waals surface area (Å²) in [5.74, 6) is -0.384. The lowest BCUT2D eigenvalue weighted by Gasteiger charge is -2.35. The van der Waals surface area contributed by atoms with Gasteiger partial charge in [-0.2, -0.15) is 0 Å². The van der Waals surface area contributed by atoms with Gasteiger partial charge in [-0.3, -0.25) is 4.98 Å². The summed E-state index contributed by atoms with van der Waals surface area (Å²) in [4.78, 5) is 15.8. The number of rotatable bonds is 9. The summed E-state index contributed by atoms with van der Waals surface area (Å²) >= 11 is 6.51. The smallest absolute Gasteiger partial charge is 0.328 e. The van der Waals surface area contributed by atoms with Gasteiger partial charge in [0.05, 0.1) is 16.3 Å². The molecule has 3 rings (SSSR count). The van der Waals surface area contributed by atoms with Gasteiger partial charge in [-0.1, -0.05) is 62.7 Å². The van der Waals surface area contributed by atoms with Gasteiger partial charge in [-0.15, -0.1) is 10.2 Å². The number of carboxylic acid groups (broad SMARTS) is 1. The lowest BCUT2D eigenvalue weighted by molar-refractivity contribution is -0.131. The first-order valence-corrected chi connectivity index (χ1v) is 14.3. The van der Waals surface area contributed by atoms with Gasteiger partial charge in [-0.05, 0) is 48.2 Å². The van der Waals surface area contributed by atoms with Crippen LogP contribution < -0.4 is 0 Å². The van der Waals surface area contributed by atoms with E-state index in [2.05, 4.69) is 49.0 Å². The van der Waals surface area contributed by atoms with Crippen LogP contribution in [0.1, 0.15) is 44.3 Å². The molecule has 3 aromatic rings. The number of hydrogen-bond donors (Lipinski definition) is 1. The van der Waals surface area contributed by atoms with Crippen molar-refractivity contribution < 1.29 is 18.7 Å². The van der Waals surface area contributed by atoms with E-state index in [0.29, 0.717) is 40.6 Å². The van der Waals surface area contributed by atoms with Crippen LogP contribution in [0.3, 0.4) is 0 Å². The predicted molar refractivity (Wildman–Crippen MR) is 135 cm³/mol. The van der Waals surface area contributed by atoms with Gasteiger partial charge in [-0.25, -0.2) is 4.79 Å². The molecule has 9 heteroatoms. The topological polar surface area (TPSA) is 98.3 Å². The van der Waals surface area contributed by atoms with E-state index < -0.39 is 14.3 Å². The molecule has 0 atom stereocenters. The predicted octanol–water partition coefficient (Wildman–Crippen LogP) is 6.41. The van der Waals surface area contributed by atoms with Crippen LogP contribution in [-0.2, 0) is 22.2 Å². The monoisotopic (exact) mass is 499 g/mol. The van der Waals surface area contributed by atoms with E-state index >= 15 is 0 Å². The molecule has 34 heavy (non-hydrogen) atoms. The number of carboxylic acids is 1. The number of pyridine rings is 1. The molecule has 2 aromatic heterocycles. The summed E-state index contributed by atoms with van der Waals surface area (Å²) in [6.07, 6.45) is 3.87. The highest BCUT2D eigenvalue weighted by Crippen LogP contribution is 2.37. The van der Waals surface area contributed by atoms with Crippen LogP contribution in [0.5, 0.6) is 0 Å². The number of hydrogen-bond acceptors (Lipinski definition) is 6. The Labute approximate surface area is 206 Å². The molecule has 1 N–H and O–H groups in total. The molecule has 0 saturated carbocycles. The summed E-state index contributed by atoms with van der Waals surface area (Å²) in [7, 11) is -1.95. The molecule has 0 aliphatic carbocycles. The maximum atomic E-state index is 11.4. The summed E-state index contributed by atoms with van der Waals surface area (Å²) in [6.45, 7) is 11.1. The van der Waals surface area contributed by atoms with Crippen molar-refractivity contribution in [3.8, 4) is 11.5 Å². The van der Waals surface area contributed by atoms with Crippen LogP contribution >= 0.6 is 11.6 Å². The molecular weight excluding hydrogens is 470 g/mol. The van der Waals surface area contributed by atoms with E-state index in [-0.39, 0.29) is 17.5 Å². The lowest BCUT2D eigenvalue weighted by Crippen LogP contribution is -2.40. The number of benzene rings is 1. The molecule has 0 fully saturated rings. The summed E-state index contributed by atoms with van der Waals surface area (Å²) < 4.78 is 11.9. The Hall–Kier alpha value is -2.81. The molecule has 0 saturated heterocycles. The van der Waals surface area contributed by atoms with E-state index in [0.717, 1.165) is 11.6 Å². The van der Waals surface area contributed by atoms with Crippen LogP contribution in [0.15, 0.2) is 53.1 Å². The maximum absolute atomic E-state index is 11.4. The number of aryl methyl sites for hydroxylation is 1. The van der Waals surface area contributed by atoms with E-state index in [1.807, 2.05) is 30.3 Å². The van der Waals surface area contributed by atoms with Crippen LogP contribution in [0.4, 0.5) is 0 Å². The van der Waals surface area contributed by atoms with Gasteiger partial charge in [0.1, 0.15) is 6.61 Å². The van der Waals surface area contributed by atoms with E-state index in [1.54, 1.807) is 12.3 Å². The minimum absolute atomic E-state index is 0.0742. The Kier molecular flexibility index (Phi) is 8.07. The van der Waals surface area contributed by atoms with Crippen molar-refractivity contribution >= 4 is 31.5 Å². The van der Waals surface area contributed by atoms with Gasteiger partial charge in [0.2, 0.25) is 11.8 Å². The zero-order valence-corrected chi connectivity index (χ0v) is 21.9. The molecular formula is C25H30ClN3O4Si. The van der Waals surface area contributed by atoms with E-state index in [4.69, 9.17) is 20.4 Å². The second kappa shape index (κ2) is 10.6. The average molecular weight is 500 g/mol. The fourth-order valence-electron chi connectivity index (χ4n) is 3.01. The number of aliphatic carboxylic acids is 1. The van der Waals surface area contributed by atoms with Crippen molar-refractivity contribution in [2.45, 2.75) is 58.4 Å². The van der Waals surface area contributed by atoms with Crippen molar-refractivity contribution in [1.29, 1.82) is 0 Å². The fourth-order valence-corrected chi connectivity index (χ4v) is 4.22. The Morgan fingerprint density at radius 2 is 1.91 bits per heavy atom. The quantitative estimate of drug-likeness (QED) is 0.268. The second-order valence-electron chi connectivity index (χ2n) is 9.60. The minimum Gasteiger partial charge on any atom is -0.478 e. The molecule has 0 radical (unpaired) electrons. The zero-order chi connectivity index (χ0) is 24.9. The van der Waals surface area contributed by atoms with E-state index in [9.17, 15) is 9.90 Å². The van der Waals surface area contributed by atoms with Crippen molar-refractivity contribution in [3.63, 3.8) is 0 Å². The van der Waals surface area contributed by atoms with Gasteiger partial charge in [0.15, 0.2) is 8.32 Å². The van der Waals surface area contributed by atoms with Crippen molar-refractivity contribution in [3.05, 3.63) is 70.8 Å². The zero-order valence-electron chi connectivity index (χ0n) is 20.1. The minimum atomic E-state index is -1.95. The van der Waals surface area contributed by atoms with Crippen LogP contribution in [-0.4, -0.2) is 34.6 Å². The highest BCUT2D eigenvalue weighted by molar-refractivity contribution is 6.74. The Bertz CT molecular complexity index is 1170. The molecule has 7 nitrogen and oxygen atoms in total. The van der Waals surface area contributed by atoms with Crippen molar-refractivity contribution in [2.75, 3.05) is 0 Å². The third kappa shape index (κ3) is 6.62. The Morgan fingerprint density at radius 3 is 2.53 bits per heavy atom. The molecule has 180 valence electrons. The number of nitrogens with zero attached hydrogens (tertiary/aromatic N) is 3. The standard InChI is InChI=1S/C25H30ClN3O4Si/c1-25(2,3)34(4,5)32-16-21-28-29-24(33-21)19-13-20(26)23(27-15-19)18(14-22(30)31)12-11-17-9-7-6-8-10-17/h6-10,13-15H,11-12,16H2,1-5H3,(H,30,31)/b18-14-. The number of allylic oxidation sites excluding steroid dienone is 1. The van der Waals surface area contributed by atoms with Crippen LogP contribution in [0, 0.1) is 0 Å². The number of aromatic nitrogens is 3. The first-order valence-electron chi connectivity index (χ1n) is 11.1. The highest BCUT2D eigenvalue weighted by atomic mass is 35.5. The summed E-state index contributed by atoms with van der Waals surface area (Å²) in [5.41, 5.74) is 2.62. The molecule has 0 amide bonds. The Morgan fingerprint density at radius 1 is 1.21 bits per heavy atom. The number of carbonyl (C=O) groups is 1. The van der Waals surface area contributed by atoms with Gasteiger partial charge in [0, 0.05) is 12.3 Å². The molecule has 0 aliphatic heterocycles. The third-order valence-corrected chi connectivity index (χ3v) is 10.8. The average Bonchev–Trinajstić information content (AvgIpc) is 3.24. The molecule has 0 unspecified atom stereocenters. The van der Waals surface area contributed by atoms with Gasteiger partial charge >= 0.3 is 5.97 Å². The van der Waals surface area contributed by atoms with Crippen LogP contribution in [0.25, 0.3) is 17.0 Å². The summed E-state index contributed by atoms with van der Waals surface area (Å²) in [6, 6.07) is 11.5. The third-order valence-electron chi connectivity index (χ3n) is 6.05. The molecule has 0 aliphatic rings. The molecule has 2 heterocycles. The Balaban J connectivity index is 1.76. The first kappa shape index (κ1) is 25.8. The normalized spacial score (nSPS) is 12.7. The van der Waals surface area contributed by atoms with Crippen LogP contribution in [0.2, 0.25) is 23.2 Å². The fraction of sp³-hybridized carbons (Fsp3) is 0.360. The maximum Gasteiger partial charge on any atom is 0.328 e. The SMILES string of the molecule is CC(C)(C)[Si](C)(C)OCc1nnc(-c2cnc(/C(=C\C(=O)O)CCc3ccccc3)c(Cl)c2)o1.